The Hall–Kier alpha value is -2.89. The summed E-state index contributed by atoms with van der Waals surface area (Å²) in [6.45, 7) is 5.35. The second kappa shape index (κ2) is 9.54. The lowest BCUT2D eigenvalue weighted by molar-refractivity contribution is 0.0746. The first kappa shape index (κ1) is 20.8. The number of anilines is 1. The van der Waals surface area contributed by atoms with Crippen LogP contribution in [-0.4, -0.2) is 61.4 Å². The van der Waals surface area contributed by atoms with E-state index in [1.807, 2.05) is 4.90 Å². The van der Waals surface area contributed by atoms with Crippen molar-refractivity contribution in [1.29, 1.82) is 0 Å². The van der Waals surface area contributed by atoms with E-state index in [-0.39, 0.29) is 17.6 Å². The Morgan fingerprint density at radius 2 is 1.66 bits per heavy atom. The lowest BCUT2D eigenvalue weighted by atomic mass is 10.1. The SMILES string of the molecule is CCCCN(C)C(=O)c1cccc(C(=O)N2CCN(c3ccc(F)cc3)CC2)c1. The molecule has 0 spiro atoms. The number of hydrogen-bond acceptors (Lipinski definition) is 3. The van der Waals surface area contributed by atoms with Crippen LogP contribution in [0.15, 0.2) is 48.5 Å². The van der Waals surface area contributed by atoms with Gasteiger partial charge in [0.1, 0.15) is 5.82 Å². The van der Waals surface area contributed by atoms with E-state index < -0.39 is 0 Å². The average Bonchev–Trinajstić information content (AvgIpc) is 2.77. The molecule has 6 heteroatoms. The molecule has 0 unspecified atom stereocenters. The van der Waals surface area contributed by atoms with E-state index in [1.54, 1.807) is 48.3 Å². The summed E-state index contributed by atoms with van der Waals surface area (Å²) in [5.41, 5.74) is 2.04. The molecule has 2 aromatic rings. The maximum atomic E-state index is 13.1. The molecular weight excluding hydrogens is 369 g/mol. The number of benzene rings is 2. The van der Waals surface area contributed by atoms with Crippen LogP contribution in [0.1, 0.15) is 40.5 Å². The van der Waals surface area contributed by atoms with E-state index in [2.05, 4.69) is 11.8 Å². The largest absolute Gasteiger partial charge is 0.368 e. The van der Waals surface area contributed by atoms with Gasteiger partial charge in [-0.1, -0.05) is 19.4 Å². The fourth-order valence-corrected chi connectivity index (χ4v) is 3.50. The van der Waals surface area contributed by atoms with Crippen molar-refractivity contribution >= 4 is 17.5 Å². The third-order valence-corrected chi connectivity index (χ3v) is 5.31. The maximum Gasteiger partial charge on any atom is 0.253 e. The number of halogens is 1. The molecule has 29 heavy (non-hydrogen) atoms. The zero-order valence-electron chi connectivity index (χ0n) is 17.1. The average molecular weight is 397 g/mol. The molecule has 0 aliphatic carbocycles. The fraction of sp³-hybridized carbons (Fsp3) is 0.391. The topological polar surface area (TPSA) is 43.9 Å². The van der Waals surface area contributed by atoms with Crippen molar-refractivity contribution in [3.63, 3.8) is 0 Å². The Balaban J connectivity index is 1.62. The summed E-state index contributed by atoms with van der Waals surface area (Å²) in [5, 5.41) is 0. The highest BCUT2D eigenvalue weighted by Gasteiger charge is 2.23. The molecule has 3 rings (SSSR count). The minimum atomic E-state index is -0.252. The second-order valence-electron chi connectivity index (χ2n) is 7.42. The van der Waals surface area contributed by atoms with E-state index in [0.29, 0.717) is 43.9 Å². The van der Waals surface area contributed by atoms with Crippen LogP contribution < -0.4 is 4.90 Å². The molecule has 0 N–H and O–H groups in total. The van der Waals surface area contributed by atoms with Crippen LogP contribution in [0.25, 0.3) is 0 Å². The van der Waals surface area contributed by atoms with Crippen LogP contribution in [0.4, 0.5) is 10.1 Å². The smallest absolute Gasteiger partial charge is 0.253 e. The molecule has 0 saturated carbocycles. The Morgan fingerprint density at radius 3 is 2.31 bits per heavy atom. The second-order valence-corrected chi connectivity index (χ2v) is 7.42. The number of amides is 2. The van der Waals surface area contributed by atoms with Gasteiger partial charge >= 0.3 is 0 Å². The predicted molar refractivity (Wildman–Crippen MR) is 113 cm³/mol. The molecule has 154 valence electrons. The Labute approximate surface area is 171 Å². The van der Waals surface area contributed by atoms with Crippen molar-refractivity contribution in [2.75, 3.05) is 44.7 Å². The normalized spacial score (nSPS) is 14.0. The van der Waals surface area contributed by atoms with Crippen LogP contribution in [0, 0.1) is 5.82 Å². The van der Waals surface area contributed by atoms with Gasteiger partial charge in [-0.25, -0.2) is 4.39 Å². The molecule has 0 bridgehead atoms. The van der Waals surface area contributed by atoms with Gasteiger partial charge in [0, 0.05) is 56.6 Å². The molecule has 5 nitrogen and oxygen atoms in total. The van der Waals surface area contributed by atoms with Crippen molar-refractivity contribution in [3.8, 4) is 0 Å². The minimum Gasteiger partial charge on any atom is -0.368 e. The van der Waals surface area contributed by atoms with Gasteiger partial charge in [-0.3, -0.25) is 9.59 Å². The number of piperazine rings is 1. The minimum absolute atomic E-state index is 0.0605. The first-order valence-corrected chi connectivity index (χ1v) is 10.1. The van der Waals surface area contributed by atoms with Crippen molar-refractivity contribution < 1.29 is 14.0 Å². The first-order valence-electron chi connectivity index (χ1n) is 10.1. The predicted octanol–water partition coefficient (Wildman–Crippen LogP) is 3.66. The Morgan fingerprint density at radius 1 is 1.00 bits per heavy atom. The third kappa shape index (κ3) is 5.13. The van der Waals surface area contributed by atoms with Crippen LogP contribution in [0.5, 0.6) is 0 Å². The van der Waals surface area contributed by atoms with Gasteiger partial charge in [0.05, 0.1) is 0 Å². The molecule has 0 atom stereocenters. The standard InChI is InChI=1S/C23H28FN3O2/c1-3-4-12-25(2)22(28)18-6-5-7-19(17-18)23(29)27-15-13-26(14-16-27)21-10-8-20(24)9-11-21/h5-11,17H,3-4,12-16H2,1-2H3. The quantitative estimate of drug-likeness (QED) is 0.747. The molecule has 1 aliphatic heterocycles. The number of carbonyl (C=O) groups excluding carboxylic acids is 2. The summed E-state index contributed by atoms with van der Waals surface area (Å²) in [6, 6.07) is 13.4. The number of rotatable bonds is 6. The highest BCUT2D eigenvalue weighted by Crippen LogP contribution is 2.18. The van der Waals surface area contributed by atoms with Gasteiger partial charge in [0.2, 0.25) is 0 Å². The van der Waals surface area contributed by atoms with E-state index in [1.165, 1.54) is 12.1 Å². The molecule has 1 fully saturated rings. The Bertz CT molecular complexity index is 845. The molecule has 1 saturated heterocycles. The zero-order chi connectivity index (χ0) is 20.8. The van der Waals surface area contributed by atoms with Crippen molar-refractivity contribution in [3.05, 3.63) is 65.5 Å². The van der Waals surface area contributed by atoms with Crippen LogP contribution in [-0.2, 0) is 0 Å². The summed E-state index contributed by atoms with van der Waals surface area (Å²) >= 11 is 0. The molecule has 2 aromatic carbocycles. The third-order valence-electron chi connectivity index (χ3n) is 5.31. The van der Waals surface area contributed by atoms with Crippen molar-refractivity contribution in [2.45, 2.75) is 19.8 Å². The van der Waals surface area contributed by atoms with Gasteiger partial charge in [-0.15, -0.1) is 0 Å². The van der Waals surface area contributed by atoms with Gasteiger partial charge in [0.25, 0.3) is 11.8 Å². The molecular formula is C23H28FN3O2. The highest BCUT2D eigenvalue weighted by atomic mass is 19.1. The van der Waals surface area contributed by atoms with Gasteiger partial charge in [0.15, 0.2) is 0 Å². The molecule has 2 amide bonds. The molecule has 0 aromatic heterocycles. The monoisotopic (exact) mass is 397 g/mol. The molecule has 1 heterocycles. The first-order chi connectivity index (χ1) is 14.0. The zero-order valence-corrected chi connectivity index (χ0v) is 17.1. The number of unbranched alkanes of at least 4 members (excludes halogenated alkanes) is 1. The lowest BCUT2D eigenvalue weighted by Crippen LogP contribution is -2.48. The number of nitrogens with zero attached hydrogens (tertiary/aromatic N) is 3. The summed E-state index contributed by atoms with van der Waals surface area (Å²) in [4.78, 5) is 31.2. The number of hydrogen-bond donors (Lipinski definition) is 0. The van der Waals surface area contributed by atoms with Gasteiger partial charge in [-0.2, -0.15) is 0 Å². The van der Waals surface area contributed by atoms with Crippen LogP contribution in [0.3, 0.4) is 0 Å². The van der Waals surface area contributed by atoms with Gasteiger partial charge in [-0.05, 0) is 48.9 Å². The van der Waals surface area contributed by atoms with Crippen LogP contribution >= 0.6 is 0 Å². The summed E-state index contributed by atoms with van der Waals surface area (Å²) < 4.78 is 13.1. The van der Waals surface area contributed by atoms with E-state index in [9.17, 15) is 14.0 Å². The highest BCUT2D eigenvalue weighted by molar-refractivity contribution is 5.99. The lowest BCUT2D eigenvalue weighted by Gasteiger charge is -2.36. The molecule has 1 aliphatic rings. The summed E-state index contributed by atoms with van der Waals surface area (Å²) in [5.74, 6) is -0.374. The van der Waals surface area contributed by atoms with E-state index >= 15 is 0 Å². The Kier molecular flexibility index (Phi) is 6.86. The molecule has 0 radical (unpaired) electrons. The number of carbonyl (C=O) groups is 2. The van der Waals surface area contributed by atoms with Gasteiger partial charge < -0.3 is 14.7 Å². The van der Waals surface area contributed by atoms with E-state index in [0.717, 1.165) is 18.5 Å². The van der Waals surface area contributed by atoms with Crippen molar-refractivity contribution in [2.24, 2.45) is 0 Å². The fourth-order valence-electron chi connectivity index (χ4n) is 3.50. The summed E-state index contributed by atoms with van der Waals surface area (Å²) in [7, 11) is 1.79. The van der Waals surface area contributed by atoms with Crippen LogP contribution in [0.2, 0.25) is 0 Å². The van der Waals surface area contributed by atoms with Crippen molar-refractivity contribution in [1.82, 2.24) is 9.80 Å². The van der Waals surface area contributed by atoms with E-state index in [4.69, 9.17) is 0 Å². The maximum absolute atomic E-state index is 13.1. The summed E-state index contributed by atoms with van der Waals surface area (Å²) in [6.07, 6.45) is 1.99.